The summed E-state index contributed by atoms with van der Waals surface area (Å²) in [4.78, 5) is 16.9. The predicted octanol–water partition coefficient (Wildman–Crippen LogP) is 3.19. The van der Waals surface area contributed by atoms with Crippen molar-refractivity contribution in [2.75, 3.05) is 0 Å². The topological polar surface area (TPSA) is 59.3 Å². The Morgan fingerprint density at radius 2 is 2.13 bits per heavy atom. The van der Waals surface area contributed by atoms with E-state index in [1.165, 1.54) is 21.8 Å². The summed E-state index contributed by atoms with van der Waals surface area (Å²) in [6.07, 6.45) is 4.60. The van der Waals surface area contributed by atoms with Gasteiger partial charge < -0.3 is 5.32 Å². The van der Waals surface area contributed by atoms with Gasteiger partial charge in [0.15, 0.2) is 11.3 Å². The molecule has 1 amide bonds. The van der Waals surface area contributed by atoms with Crippen LogP contribution in [-0.4, -0.2) is 20.5 Å². The van der Waals surface area contributed by atoms with Gasteiger partial charge in [-0.1, -0.05) is 35.9 Å². The molecule has 1 aromatic carbocycles. The van der Waals surface area contributed by atoms with Crippen molar-refractivity contribution in [3.8, 4) is 0 Å². The Bertz CT molecular complexity index is 889. The van der Waals surface area contributed by atoms with E-state index in [1.54, 1.807) is 12.1 Å². The molecule has 0 spiro atoms. The normalized spacial score (nSPS) is 17.0. The van der Waals surface area contributed by atoms with Gasteiger partial charge in [0.2, 0.25) is 0 Å². The van der Waals surface area contributed by atoms with Gasteiger partial charge in [-0.3, -0.25) is 4.79 Å². The van der Waals surface area contributed by atoms with E-state index in [2.05, 4.69) is 27.5 Å². The summed E-state index contributed by atoms with van der Waals surface area (Å²) in [6, 6.07) is 11.7. The number of carbonyl (C=O) groups is 1. The minimum atomic E-state index is -0.186. The monoisotopic (exact) mass is 326 g/mol. The summed E-state index contributed by atoms with van der Waals surface area (Å²) < 4.78 is 1.48. The molecule has 3 aromatic rings. The summed E-state index contributed by atoms with van der Waals surface area (Å²) in [5, 5.41) is 7.59. The van der Waals surface area contributed by atoms with Gasteiger partial charge in [0, 0.05) is 0 Å². The Morgan fingerprint density at radius 3 is 3.04 bits per heavy atom. The molecule has 116 valence electrons. The molecule has 1 aliphatic carbocycles. The van der Waals surface area contributed by atoms with Crippen molar-refractivity contribution < 1.29 is 4.79 Å². The van der Waals surface area contributed by atoms with E-state index >= 15 is 0 Å². The minimum absolute atomic E-state index is 0.0252. The second-order valence-electron chi connectivity index (χ2n) is 5.69. The SMILES string of the molecule is O=C(NC1CCCc2ccccc21)c1cnc2ccc(Cl)nn12. The number of aryl methyl sites for hydroxylation is 1. The zero-order valence-electron chi connectivity index (χ0n) is 12.4. The Balaban J connectivity index is 1.64. The van der Waals surface area contributed by atoms with Crippen molar-refractivity contribution in [1.82, 2.24) is 19.9 Å². The maximum absolute atomic E-state index is 12.7. The fourth-order valence-electron chi connectivity index (χ4n) is 3.14. The Kier molecular flexibility index (Phi) is 3.50. The van der Waals surface area contributed by atoms with Crippen LogP contribution in [0.1, 0.15) is 40.5 Å². The third kappa shape index (κ3) is 2.57. The summed E-state index contributed by atoms with van der Waals surface area (Å²) >= 11 is 5.92. The van der Waals surface area contributed by atoms with E-state index in [0.29, 0.717) is 16.5 Å². The number of imidazole rings is 1. The largest absolute Gasteiger partial charge is 0.344 e. The molecule has 0 aliphatic heterocycles. The predicted molar refractivity (Wildman–Crippen MR) is 87.6 cm³/mol. The molecular formula is C17H15ClN4O. The third-order valence-electron chi connectivity index (χ3n) is 4.24. The minimum Gasteiger partial charge on any atom is -0.344 e. The van der Waals surface area contributed by atoms with Crippen LogP contribution in [0, 0.1) is 0 Å². The van der Waals surface area contributed by atoms with E-state index in [4.69, 9.17) is 11.6 Å². The molecule has 0 bridgehead atoms. The number of hydrogen-bond donors (Lipinski definition) is 1. The molecule has 2 heterocycles. The lowest BCUT2D eigenvalue weighted by Crippen LogP contribution is -2.31. The highest BCUT2D eigenvalue weighted by molar-refractivity contribution is 6.29. The number of carbonyl (C=O) groups excluding carboxylic acids is 1. The first-order valence-electron chi connectivity index (χ1n) is 7.61. The molecule has 6 heteroatoms. The van der Waals surface area contributed by atoms with Crippen molar-refractivity contribution in [2.45, 2.75) is 25.3 Å². The number of benzene rings is 1. The molecule has 2 aromatic heterocycles. The van der Waals surface area contributed by atoms with Gasteiger partial charge in [-0.25, -0.2) is 9.50 Å². The molecule has 0 saturated heterocycles. The highest BCUT2D eigenvalue weighted by Crippen LogP contribution is 2.29. The number of fused-ring (bicyclic) bond motifs is 2. The fourth-order valence-corrected chi connectivity index (χ4v) is 3.28. The second-order valence-corrected chi connectivity index (χ2v) is 6.07. The maximum Gasteiger partial charge on any atom is 0.272 e. The third-order valence-corrected chi connectivity index (χ3v) is 4.44. The zero-order chi connectivity index (χ0) is 15.8. The van der Waals surface area contributed by atoms with E-state index in [-0.39, 0.29) is 11.9 Å². The number of nitrogens with zero attached hydrogens (tertiary/aromatic N) is 3. The molecule has 4 rings (SSSR count). The van der Waals surface area contributed by atoms with Gasteiger partial charge in [0.05, 0.1) is 12.2 Å². The van der Waals surface area contributed by atoms with Gasteiger partial charge in [-0.05, 0) is 42.5 Å². The molecule has 0 fully saturated rings. The molecule has 1 aliphatic rings. The fraction of sp³-hybridized carbons (Fsp3) is 0.235. The average Bonchev–Trinajstić information content (AvgIpc) is 2.98. The lowest BCUT2D eigenvalue weighted by atomic mass is 9.88. The van der Waals surface area contributed by atoms with Crippen molar-refractivity contribution in [1.29, 1.82) is 0 Å². The van der Waals surface area contributed by atoms with E-state index < -0.39 is 0 Å². The Morgan fingerprint density at radius 1 is 1.26 bits per heavy atom. The number of nitrogens with one attached hydrogen (secondary N) is 1. The number of rotatable bonds is 2. The number of halogens is 1. The maximum atomic E-state index is 12.7. The Hall–Kier alpha value is -2.40. The van der Waals surface area contributed by atoms with Gasteiger partial charge in [-0.2, -0.15) is 5.10 Å². The lowest BCUT2D eigenvalue weighted by Gasteiger charge is -2.26. The zero-order valence-corrected chi connectivity index (χ0v) is 13.1. The summed E-state index contributed by atoms with van der Waals surface area (Å²) in [5.74, 6) is -0.186. The number of hydrogen-bond acceptors (Lipinski definition) is 3. The molecule has 0 radical (unpaired) electrons. The molecule has 5 nitrogen and oxygen atoms in total. The van der Waals surface area contributed by atoms with E-state index in [9.17, 15) is 4.79 Å². The highest BCUT2D eigenvalue weighted by atomic mass is 35.5. The molecule has 23 heavy (non-hydrogen) atoms. The van der Waals surface area contributed by atoms with Crippen LogP contribution in [0.2, 0.25) is 5.15 Å². The van der Waals surface area contributed by atoms with Crippen LogP contribution in [0.3, 0.4) is 0 Å². The van der Waals surface area contributed by atoms with Crippen molar-refractivity contribution in [2.24, 2.45) is 0 Å². The van der Waals surface area contributed by atoms with Crippen LogP contribution < -0.4 is 5.32 Å². The van der Waals surface area contributed by atoms with Crippen LogP contribution in [-0.2, 0) is 6.42 Å². The van der Waals surface area contributed by atoms with Gasteiger partial charge in [-0.15, -0.1) is 0 Å². The first-order chi connectivity index (χ1) is 11.2. The van der Waals surface area contributed by atoms with E-state index in [0.717, 1.165) is 19.3 Å². The lowest BCUT2D eigenvalue weighted by molar-refractivity contribution is 0.0925. The van der Waals surface area contributed by atoms with Crippen LogP contribution in [0.5, 0.6) is 0 Å². The van der Waals surface area contributed by atoms with Gasteiger partial charge in [0.25, 0.3) is 5.91 Å². The van der Waals surface area contributed by atoms with Crippen molar-refractivity contribution in [3.63, 3.8) is 0 Å². The van der Waals surface area contributed by atoms with Crippen LogP contribution in [0.25, 0.3) is 5.65 Å². The van der Waals surface area contributed by atoms with Crippen molar-refractivity contribution >= 4 is 23.2 Å². The average molecular weight is 327 g/mol. The van der Waals surface area contributed by atoms with Crippen LogP contribution >= 0.6 is 11.6 Å². The quantitative estimate of drug-likeness (QED) is 0.786. The molecular weight excluding hydrogens is 312 g/mol. The van der Waals surface area contributed by atoms with Gasteiger partial charge >= 0.3 is 0 Å². The summed E-state index contributed by atoms with van der Waals surface area (Å²) in [7, 11) is 0. The summed E-state index contributed by atoms with van der Waals surface area (Å²) in [6.45, 7) is 0. The molecule has 0 saturated carbocycles. The van der Waals surface area contributed by atoms with Crippen LogP contribution in [0.15, 0.2) is 42.6 Å². The Labute approximate surface area is 138 Å². The number of amides is 1. The van der Waals surface area contributed by atoms with Gasteiger partial charge in [0.1, 0.15) is 5.15 Å². The molecule has 1 unspecified atom stereocenters. The summed E-state index contributed by atoms with van der Waals surface area (Å²) in [5.41, 5.74) is 3.50. The molecule has 1 N–H and O–H groups in total. The van der Waals surface area contributed by atoms with Crippen LogP contribution in [0.4, 0.5) is 0 Å². The highest BCUT2D eigenvalue weighted by Gasteiger charge is 2.23. The standard InChI is InChI=1S/C17H15ClN4O/c18-15-8-9-16-19-10-14(22(16)21-15)17(23)20-13-7-3-5-11-4-1-2-6-12(11)13/h1-2,4,6,8-10,13H,3,5,7H2,(H,20,23). The number of aromatic nitrogens is 3. The van der Waals surface area contributed by atoms with E-state index in [1.807, 2.05) is 12.1 Å². The smallest absolute Gasteiger partial charge is 0.272 e. The molecule has 1 atom stereocenters. The van der Waals surface area contributed by atoms with Crippen molar-refractivity contribution in [3.05, 3.63) is 64.6 Å². The first-order valence-corrected chi connectivity index (χ1v) is 7.99. The second kappa shape index (κ2) is 5.66. The first kappa shape index (κ1) is 14.2.